The predicted molar refractivity (Wildman–Crippen MR) is 128 cm³/mol. The number of thioether (sulfide) groups is 1. The van der Waals surface area contributed by atoms with Gasteiger partial charge in [0, 0.05) is 16.9 Å². The van der Waals surface area contributed by atoms with E-state index < -0.39 is 0 Å². The number of hydrogen-bond acceptors (Lipinski definition) is 6. The summed E-state index contributed by atoms with van der Waals surface area (Å²) in [5, 5.41) is 12.5. The van der Waals surface area contributed by atoms with E-state index in [1.165, 1.54) is 23.9 Å². The Morgan fingerprint density at radius 3 is 2.36 bits per heavy atom. The maximum Gasteiger partial charge on any atom is 0.196 e. The molecule has 4 rings (SSSR count). The van der Waals surface area contributed by atoms with Crippen LogP contribution < -0.4 is 10.1 Å². The summed E-state index contributed by atoms with van der Waals surface area (Å²) < 4.78 is 20.4. The third-order valence-electron chi connectivity index (χ3n) is 5.03. The lowest BCUT2D eigenvalue weighted by atomic mass is 10.1. The Morgan fingerprint density at radius 2 is 1.70 bits per heavy atom. The van der Waals surface area contributed by atoms with Gasteiger partial charge in [0.1, 0.15) is 11.6 Å². The van der Waals surface area contributed by atoms with Gasteiger partial charge in [-0.3, -0.25) is 9.36 Å². The summed E-state index contributed by atoms with van der Waals surface area (Å²) in [7, 11) is 1.61. The minimum atomic E-state index is -0.293. The number of ether oxygens (including phenoxy) is 1. The molecule has 4 aromatic rings. The van der Waals surface area contributed by atoms with Gasteiger partial charge in [0.05, 0.1) is 19.4 Å². The Balaban J connectivity index is 1.56. The lowest BCUT2D eigenvalue weighted by molar-refractivity contribution is 0.102. The third-order valence-corrected chi connectivity index (χ3v) is 5.96. The van der Waals surface area contributed by atoms with Crippen LogP contribution in [0.15, 0.2) is 78.0 Å². The highest BCUT2D eigenvalue weighted by molar-refractivity contribution is 7.99. The normalized spacial score (nSPS) is 10.8. The van der Waals surface area contributed by atoms with E-state index >= 15 is 0 Å². The fraction of sp³-hybridized carbons (Fsp3) is 0.160. The van der Waals surface area contributed by atoms with Crippen molar-refractivity contribution >= 4 is 23.2 Å². The molecule has 3 aromatic carbocycles. The van der Waals surface area contributed by atoms with Crippen molar-refractivity contribution in [2.75, 3.05) is 18.2 Å². The van der Waals surface area contributed by atoms with Crippen molar-refractivity contribution in [1.82, 2.24) is 14.8 Å². The quantitative estimate of drug-likeness (QED) is 0.269. The number of methoxy groups -OCH3 is 1. The number of ketones is 1. The smallest absolute Gasteiger partial charge is 0.196 e. The zero-order valence-electron chi connectivity index (χ0n) is 18.3. The van der Waals surface area contributed by atoms with E-state index in [-0.39, 0.29) is 17.4 Å². The molecular weight excluding hydrogens is 439 g/mol. The largest absolute Gasteiger partial charge is 0.497 e. The predicted octanol–water partition coefficient (Wildman–Crippen LogP) is 5.31. The van der Waals surface area contributed by atoms with E-state index in [1.807, 2.05) is 60.0 Å². The first kappa shape index (κ1) is 22.5. The third kappa shape index (κ3) is 5.59. The number of halogens is 1. The van der Waals surface area contributed by atoms with Crippen molar-refractivity contribution in [3.63, 3.8) is 0 Å². The highest BCUT2D eigenvalue weighted by Crippen LogP contribution is 2.25. The maximum absolute atomic E-state index is 13.2. The van der Waals surface area contributed by atoms with Crippen LogP contribution in [0.3, 0.4) is 0 Å². The molecule has 0 aliphatic rings. The van der Waals surface area contributed by atoms with Crippen LogP contribution in [-0.2, 0) is 6.54 Å². The van der Waals surface area contributed by atoms with E-state index in [2.05, 4.69) is 15.5 Å². The molecule has 0 unspecified atom stereocenters. The number of hydrogen-bond donors (Lipinski definition) is 1. The monoisotopic (exact) mass is 462 g/mol. The second kappa shape index (κ2) is 10.3. The minimum absolute atomic E-state index is 0.0234. The molecule has 1 aromatic heterocycles. The fourth-order valence-electron chi connectivity index (χ4n) is 3.20. The van der Waals surface area contributed by atoms with E-state index in [9.17, 15) is 9.18 Å². The molecule has 0 aliphatic heterocycles. The molecule has 0 saturated carbocycles. The van der Waals surface area contributed by atoms with Crippen molar-refractivity contribution in [1.29, 1.82) is 0 Å². The van der Waals surface area contributed by atoms with Gasteiger partial charge in [0.25, 0.3) is 0 Å². The zero-order chi connectivity index (χ0) is 23.2. The van der Waals surface area contributed by atoms with Gasteiger partial charge in [0.15, 0.2) is 16.8 Å². The van der Waals surface area contributed by atoms with Gasteiger partial charge in [-0.15, -0.1) is 10.2 Å². The van der Waals surface area contributed by atoms with E-state index in [0.717, 1.165) is 22.7 Å². The number of benzene rings is 3. The van der Waals surface area contributed by atoms with Crippen LogP contribution in [-0.4, -0.2) is 33.4 Å². The number of rotatable bonds is 9. The number of carbonyl (C=O) groups excluding carboxylic acids is 1. The van der Waals surface area contributed by atoms with Gasteiger partial charge < -0.3 is 10.1 Å². The van der Waals surface area contributed by atoms with E-state index in [4.69, 9.17) is 4.74 Å². The molecule has 168 valence electrons. The topological polar surface area (TPSA) is 69.0 Å². The average Bonchev–Trinajstić information content (AvgIpc) is 3.25. The number of nitrogens with zero attached hydrogens (tertiary/aromatic N) is 3. The summed E-state index contributed by atoms with van der Waals surface area (Å²) in [5.74, 6) is 1.37. The van der Waals surface area contributed by atoms with Crippen molar-refractivity contribution in [3.05, 3.63) is 95.6 Å². The molecule has 0 aliphatic carbocycles. The van der Waals surface area contributed by atoms with E-state index in [0.29, 0.717) is 23.1 Å². The number of anilines is 1. The summed E-state index contributed by atoms with van der Waals surface area (Å²) in [4.78, 5) is 12.7. The first-order valence-corrected chi connectivity index (χ1v) is 11.3. The average molecular weight is 463 g/mol. The maximum atomic E-state index is 13.2. The van der Waals surface area contributed by atoms with Gasteiger partial charge in [-0.05, 0) is 55.5 Å². The number of nitrogens with one attached hydrogen (secondary N) is 1. The second-order valence-electron chi connectivity index (χ2n) is 7.37. The molecule has 0 bridgehead atoms. The highest BCUT2D eigenvalue weighted by Gasteiger charge is 2.17. The van der Waals surface area contributed by atoms with Gasteiger partial charge in [-0.1, -0.05) is 41.6 Å². The molecule has 1 N–H and O–H groups in total. The molecule has 0 atom stereocenters. The molecule has 0 radical (unpaired) electrons. The van der Waals surface area contributed by atoms with Gasteiger partial charge >= 0.3 is 0 Å². The SMILES string of the molecule is COc1ccc(-n2c(CNc3ccc(F)cc3)nnc2SCC(=O)c2ccc(C)cc2)cc1. The van der Waals surface area contributed by atoms with Crippen LogP contribution in [0.5, 0.6) is 5.75 Å². The lowest BCUT2D eigenvalue weighted by Gasteiger charge is -2.12. The number of carbonyl (C=O) groups is 1. The molecule has 0 spiro atoms. The van der Waals surface area contributed by atoms with Gasteiger partial charge in [-0.2, -0.15) is 0 Å². The number of aromatic nitrogens is 3. The van der Waals surface area contributed by atoms with Crippen LogP contribution in [0.1, 0.15) is 21.7 Å². The summed E-state index contributed by atoms with van der Waals surface area (Å²) >= 11 is 1.33. The molecule has 0 saturated heterocycles. The standard InChI is InChI=1S/C25H23FN4O2S/c1-17-3-5-18(6-4-17)23(31)16-33-25-29-28-24(15-27-20-9-7-19(26)8-10-20)30(25)21-11-13-22(32-2)14-12-21/h3-14,27H,15-16H2,1-2H3. The fourth-order valence-corrected chi connectivity index (χ4v) is 4.07. The summed E-state index contributed by atoms with van der Waals surface area (Å²) in [6, 6.07) is 21.2. The number of aryl methyl sites for hydroxylation is 1. The summed E-state index contributed by atoms with van der Waals surface area (Å²) in [6.45, 7) is 2.36. The van der Waals surface area contributed by atoms with Crippen molar-refractivity contribution in [2.24, 2.45) is 0 Å². The molecule has 1 heterocycles. The summed E-state index contributed by atoms with van der Waals surface area (Å²) in [6.07, 6.45) is 0. The van der Waals surface area contributed by atoms with Crippen molar-refractivity contribution in [3.8, 4) is 11.4 Å². The second-order valence-corrected chi connectivity index (χ2v) is 8.31. The van der Waals surface area contributed by atoms with Crippen molar-refractivity contribution in [2.45, 2.75) is 18.6 Å². The Kier molecular flexibility index (Phi) is 7.04. The molecule has 0 amide bonds. The van der Waals surface area contributed by atoms with Crippen LogP contribution in [0, 0.1) is 12.7 Å². The zero-order valence-corrected chi connectivity index (χ0v) is 19.1. The van der Waals surface area contributed by atoms with Crippen LogP contribution in [0.4, 0.5) is 10.1 Å². The van der Waals surface area contributed by atoms with Gasteiger partial charge in [0.2, 0.25) is 0 Å². The molecule has 0 fully saturated rings. The minimum Gasteiger partial charge on any atom is -0.497 e. The Morgan fingerprint density at radius 1 is 1.00 bits per heavy atom. The Hall–Kier alpha value is -3.65. The van der Waals surface area contributed by atoms with Crippen LogP contribution in [0.2, 0.25) is 0 Å². The molecule has 8 heteroatoms. The Bertz CT molecular complexity index is 1220. The molecular formula is C25H23FN4O2S. The molecule has 33 heavy (non-hydrogen) atoms. The molecule has 6 nitrogen and oxygen atoms in total. The first-order valence-electron chi connectivity index (χ1n) is 10.3. The van der Waals surface area contributed by atoms with E-state index in [1.54, 1.807) is 19.2 Å². The van der Waals surface area contributed by atoms with Crippen LogP contribution >= 0.6 is 11.8 Å². The van der Waals surface area contributed by atoms with Gasteiger partial charge in [-0.25, -0.2) is 4.39 Å². The highest BCUT2D eigenvalue weighted by atomic mass is 32.2. The summed E-state index contributed by atoms with van der Waals surface area (Å²) in [5.41, 5.74) is 3.39. The van der Waals surface area contributed by atoms with Crippen molar-refractivity contribution < 1.29 is 13.9 Å². The number of Topliss-reactive ketones (excluding diaryl/α,β-unsaturated/α-hetero) is 1. The lowest BCUT2D eigenvalue weighted by Crippen LogP contribution is -2.09. The Labute approximate surface area is 195 Å². The van der Waals surface area contributed by atoms with Crippen LogP contribution in [0.25, 0.3) is 5.69 Å². The first-order chi connectivity index (χ1) is 16.0.